The Balaban J connectivity index is 1.96. The van der Waals surface area contributed by atoms with Crippen LogP contribution in [0, 0.1) is 13.8 Å². The monoisotopic (exact) mass is 345 g/mol. The van der Waals surface area contributed by atoms with Crippen molar-refractivity contribution in [1.82, 2.24) is 4.57 Å². The predicted molar refractivity (Wildman–Crippen MR) is 107 cm³/mol. The summed E-state index contributed by atoms with van der Waals surface area (Å²) in [5, 5.41) is 3.82. The van der Waals surface area contributed by atoms with Gasteiger partial charge < -0.3 is 4.57 Å². The number of aryl methyl sites for hydroxylation is 2. The van der Waals surface area contributed by atoms with E-state index in [0.717, 1.165) is 21.3 Å². The molecule has 0 aliphatic carbocycles. The van der Waals surface area contributed by atoms with Crippen molar-refractivity contribution in [3.63, 3.8) is 0 Å². The molecule has 0 radical (unpaired) electrons. The van der Waals surface area contributed by atoms with Crippen molar-refractivity contribution in [2.75, 3.05) is 0 Å². The lowest BCUT2D eigenvalue weighted by molar-refractivity contribution is 0.773. The number of benzene rings is 2. The van der Waals surface area contributed by atoms with Crippen LogP contribution in [0.3, 0.4) is 0 Å². The highest BCUT2D eigenvalue weighted by molar-refractivity contribution is 7.13. The topological polar surface area (TPSA) is 22.0 Å². The summed E-state index contributed by atoms with van der Waals surface area (Å²) in [6.45, 7) is 4.79. The average molecular weight is 345 g/mol. The first-order valence-corrected chi connectivity index (χ1v) is 9.24. The van der Waals surface area contributed by atoms with Crippen LogP contribution in [0.1, 0.15) is 16.7 Å². The second-order valence-corrected chi connectivity index (χ2v) is 7.36. The zero-order valence-electron chi connectivity index (χ0n) is 14.3. The molecule has 0 aliphatic rings. The summed E-state index contributed by atoms with van der Waals surface area (Å²) in [5.74, 6) is 0. The smallest absolute Gasteiger partial charge is 0.259 e. The maximum atomic E-state index is 13.2. The van der Waals surface area contributed by atoms with Gasteiger partial charge in [0.05, 0.1) is 17.1 Å². The Morgan fingerprint density at radius 1 is 0.960 bits per heavy atom. The molecule has 0 atom stereocenters. The third-order valence-corrected chi connectivity index (χ3v) is 5.51. The molecule has 0 unspecified atom stereocenters. The van der Waals surface area contributed by atoms with E-state index in [9.17, 15) is 4.79 Å². The number of hydrogen-bond acceptors (Lipinski definition) is 2. The lowest BCUT2D eigenvalue weighted by Crippen LogP contribution is -2.22. The lowest BCUT2D eigenvalue weighted by atomic mass is 10.0. The molecule has 2 aromatic heterocycles. The summed E-state index contributed by atoms with van der Waals surface area (Å²) in [5.41, 5.74) is 4.70. The maximum absolute atomic E-state index is 13.2. The van der Waals surface area contributed by atoms with E-state index < -0.39 is 0 Å². The van der Waals surface area contributed by atoms with Gasteiger partial charge in [-0.3, -0.25) is 4.79 Å². The highest BCUT2D eigenvalue weighted by Gasteiger charge is 2.13. The number of fused-ring (bicyclic) bond motifs is 1. The van der Waals surface area contributed by atoms with Gasteiger partial charge in [-0.05, 0) is 53.9 Å². The van der Waals surface area contributed by atoms with Crippen LogP contribution in [0.2, 0.25) is 0 Å². The largest absolute Gasteiger partial charge is 0.302 e. The van der Waals surface area contributed by atoms with Gasteiger partial charge in [-0.25, -0.2) is 0 Å². The summed E-state index contributed by atoms with van der Waals surface area (Å²) in [7, 11) is 0. The van der Waals surface area contributed by atoms with E-state index in [1.165, 1.54) is 16.7 Å². The van der Waals surface area contributed by atoms with E-state index in [4.69, 9.17) is 0 Å². The van der Waals surface area contributed by atoms with E-state index in [1.54, 1.807) is 11.3 Å². The van der Waals surface area contributed by atoms with Crippen molar-refractivity contribution in [3.8, 4) is 10.6 Å². The molecular formula is C22H19NOS. The number of nitrogens with zero attached hydrogens (tertiary/aromatic N) is 1. The normalized spacial score (nSPS) is 11.1. The van der Waals surface area contributed by atoms with Gasteiger partial charge >= 0.3 is 0 Å². The van der Waals surface area contributed by atoms with Crippen molar-refractivity contribution in [3.05, 3.63) is 93.1 Å². The van der Waals surface area contributed by atoms with Crippen LogP contribution in [-0.2, 0) is 6.54 Å². The molecule has 2 aromatic carbocycles. The first-order chi connectivity index (χ1) is 12.1. The third kappa shape index (κ3) is 2.92. The average Bonchev–Trinajstić information content (AvgIpc) is 3.13. The van der Waals surface area contributed by atoms with Gasteiger partial charge in [0.15, 0.2) is 0 Å². The SMILES string of the molecule is Cc1ccc(Cn2c(-c3cccs3)cc3ccccc3c2=O)c(C)c1. The molecule has 0 bridgehead atoms. The Hall–Kier alpha value is -2.65. The van der Waals surface area contributed by atoms with Crippen LogP contribution in [0.25, 0.3) is 21.3 Å². The van der Waals surface area contributed by atoms with Crippen LogP contribution in [-0.4, -0.2) is 4.57 Å². The van der Waals surface area contributed by atoms with Crippen LogP contribution in [0.4, 0.5) is 0 Å². The highest BCUT2D eigenvalue weighted by Crippen LogP contribution is 2.27. The van der Waals surface area contributed by atoms with Crippen LogP contribution < -0.4 is 5.56 Å². The summed E-state index contributed by atoms with van der Waals surface area (Å²) >= 11 is 1.66. The fraction of sp³-hybridized carbons (Fsp3) is 0.136. The Kier molecular flexibility index (Phi) is 4.02. The summed E-state index contributed by atoms with van der Waals surface area (Å²) in [4.78, 5) is 14.3. The molecule has 4 aromatic rings. The van der Waals surface area contributed by atoms with Crippen LogP contribution >= 0.6 is 11.3 Å². The van der Waals surface area contributed by atoms with Crippen molar-refractivity contribution >= 4 is 22.1 Å². The third-order valence-electron chi connectivity index (χ3n) is 4.62. The molecule has 0 spiro atoms. The van der Waals surface area contributed by atoms with Gasteiger partial charge in [-0.1, -0.05) is 48.0 Å². The van der Waals surface area contributed by atoms with E-state index in [0.29, 0.717) is 6.54 Å². The Morgan fingerprint density at radius 3 is 2.56 bits per heavy atom. The van der Waals surface area contributed by atoms with E-state index in [1.807, 2.05) is 34.9 Å². The van der Waals surface area contributed by atoms with Crippen molar-refractivity contribution in [1.29, 1.82) is 0 Å². The van der Waals surface area contributed by atoms with Gasteiger partial charge in [0, 0.05) is 5.39 Å². The molecule has 25 heavy (non-hydrogen) atoms. The Labute approximate surface area is 151 Å². The molecular weight excluding hydrogens is 326 g/mol. The minimum Gasteiger partial charge on any atom is -0.302 e. The maximum Gasteiger partial charge on any atom is 0.259 e. The van der Waals surface area contributed by atoms with Crippen LogP contribution in [0.5, 0.6) is 0 Å². The van der Waals surface area contributed by atoms with Gasteiger partial charge in [-0.15, -0.1) is 11.3 Å². The Morgan fingerprint density at radius 2 is 1.80 bits per heavy atom. The first-order valence-electron chi connectivity index (χ1n) is 8.36. The van der Waals surface area contributed by atoms with Gasteiger partial charge in [0.25, 0.3) is 5.56 Å². The molecule has 124 valence electrons. The molecule has 0 saturated heterocycles. The van der Waals surface area contributed by atoms with Crippen molar-refractivity contribution < 1.29 is 0 Å². The first kappa shape index (κ1) is 15.9. The zero-order chi connectivity index (χ0) is 17.4. The number of hydrogen-bond donors (Lipinski definition) is 0. The second-order valence-electron chi connectivity index (χ2n) is 6.42. The van der Waals surface area contributed by atoms with E-state index >= 15 is 0 Å². The molecule has 0 N–H and O–H groups in total. The van der Waals surface area contributed by atoms with Crippen LogP contribution in [0.15, 0.2) is 70.8 Å². The predicted octanol–water partition coefficient (Wildman–Crippen LogP) is 5.40. The molecule has 0 aliphatic heterocycles. The summed E-state index contributed by atoms with van der Waals surface area (Å²) in [6.07, 6.45) is 0. The lowest BCUT2D eigenvalue weighted by Gasteiger charge is -2.15. The van der Waals surface area contributed by atoms with Crippen molar-refractivity contribution in [2.24, 2.45) is 0 Å². The summed E-state index contributed by atoms with van der Waals surface area (Å²) < 4.78 is 1.91. The highest BCUT2D eigenvalue weighted by atomic mass is 32.1. The minimum absolute atomic E-state index is 0.0708. The van der Waals surface area contributed by atoms with E-state index in [-0.39, 0.29) is 5.56 Å². The fourth-order valence-corrected chi connectivity index (χ4v) is 4.03. The minimum atomic E-state index is 0.0708. The fourth-order valence-electron chi connectivity index (χ4n) is 3.28. The standard InChI is InChI=1S/C22H19NOS/c1-15-9-10-18(16(2)12-15)14-23-20(21-8-5-11-25-21)13-17-6-3-4-7-19(17)22(23)24/h3-13H,14H2,1-2H3. The zero-order valence-corrected chi connectivity index (χ0v) is 15.1. The quantitative estimate of drug-likeness (QED) is 0.487. The summed E-state index contributed by atoms with van der Waals surface area (Å²) in [6, 6.07) is 20.5. The molecule has 4 rings (SSSR count). The molecule has 3 heteroatoms. The number of thiophene rings is 1. The van der Waals surface area contributed by atoms with Gasteiger partial charge in [0.2, 0.25) is 0 Å². The number of pyridine rings is 1. The number of rotatable bonds is 3. The second kappa shape index (κ2) is 6.34. The Bertz CT molecular complexity index is 1110. The van der Waals surface area contributed by atoms with Crippen molar-refractivity contribution in [2.45, 2.75) is 20.4 Å². The molecule has 0 saturated carbocycles. The van der Waals surface area contributed by atoms with Gasteiger partial charge in [-0.2, -0.15) is 0 Å². The molecule has 2 nitrogen and oxygen atoms in total. The molecule has 2 heterocycles. The number of aromatic nitrogens is 1. The molecule has 0 fully saturated rings. The van der Waals surface area contributed by atoms with Gasteiger partial charge in [0.1, 0.15) is 0 Å². The van der Waals surface area contributed by atoms with E-state index in [2.05, 4.69) is 49.6 Å². The molecule has 0 amide bonds.